The molecule has 0 amide bonds. The summed E-state index contributed by atoms with van der Waals surface area (Å²) in [4.78, 5) is 12.8. The van der Waals surface area contributed by atoms with Crippen LogP contribution in [0, 0.1) is 0 Å². The molecule has 0 bridgehead atoms. The average molecular weight is 342 g/mol. The molecule has 0 saturated heterocycles. The molecule has 0 spiro atoms. The summed E-state index contributed by atoms with van der Waals surface area (Å²) in [6.07, 6.45) is 0. The van der Waals surface area contributed by atoms with E-state index in [2.05, 4.69) is 30.9 Å². The van der Waals surface area contributed by atoms with Crippen molar-refractivity contribution in [2.75, 3.05) is 5.73 Å². The first-order chi connectivity index (χ1) is 8.77. The maximum absolute atomic E-state index is 5.98. The van der Waals surface area contributed by atoms with Gasteiger partial charge in [-0.1, -0.05) is 32.4 Å². The standard InChI is InChI=1S/C13H14BrClN4/c1-13(2,3)11-17-10(18-12(16)19-11)7-4-5-9(15)8(14)6-7/h4-6H,1-3H3,(H2,16,17,18,19). The Labute approximate surface area is 125 Å². The topological polar surface area (TPSA) is 64.7 Å². The molecule has 0 aliphatic heterocycles. The largest absolute Gasteiger partial charge is 0.368 e. The van der Waals surface area contributed by atoms with Crippen LogP contribution in [0.25, 0.3) is 11.4 Å². The molecular formula is C13H14BrClN4. The summed E-state index contributed by atoms with van der Waals surface area (Å²) in [7, 11) is 0. The van der Waals surface area contributed by atoms with Crippen LogP contribution in [0.5, 0.6) is 0 Å². The van der Waals surface area contributed by atoms with E-state index in [-0.39, 0.29) is 11.4 Å². The van der Waals surface area contributed by atoms with Crippen LogP contribution in [0.2, 0.25) is 5.02 Å². The molecule has 0 aliphatic rings. The third kappa shape index (κ3) is 3.22. The number of anilines is 1. The second-order valence-corrected chi connectivity index (χ2v) is 6.48. The normalized spacial score (nSPS) is 11.6. The van der Waals surface area contributed by atoms with Crippen molar-refractivity contribution in [3.63, 3.8) is 0 Å². The monoisotopic (exact) mass is 340 g/mol. The Morgan fingerprint density at radius 2 is 1.84 bits per heavy atom. The summed E-state index contributed by atoms with van der Waals surface area (Å²) < 4.78 is 0.794. The number of nitrogen functional groups attached to an aromatic ring is 1. The van der Waals surface area contributed by atoms with Gasteiger partial charge in [-0.25, -0.2) is 4.98 Å². The Morgan fingerprint density at radius 1 is 1.16 bits per heavy atom. The van der Waals surface area contributed by atoms with E-state index >= 15 is 0 Å². The summed E-state index contributed by atoms with van der Waals surface area (Å²) in [6, 6.07) is 5.51. The highest BCUT2D eigenvalue weighted by Gasteiger charge is 2.19. The van der Waals surface area contributed by atoms with E-state index in [9.17, 15) is 0 Å². The van der Waals surface area contributed by atoms with Crippen LogP contribution in [-0.2, 0) is 5.41 Å². The molecule has 19 heavy (non-hydrogen) atoms. The van der Waals surface area contributed by atoms with E-state index in [1.807, 2.05) is 32.9 Å². The van der Waals surface area contributed by atoms with Gasteiger partial charge in [0.25, 0.3) is 0 Å². The fourth-order valence-electron chi connectivity index (χ4n) is 1.49. The predicted molar refractivity (Wildman–Crippen MR) is 81.1 cm³/mol. The second-order valence-electron chi connectivity index (χ2n) is 5.22. The van der Waals surface area contributed by atoms with Crippen molar-refractivity contribution in [3.05, 3.63) is 33.5 Å². The molecule has 100 valence electrons. The molecule has 0 aliphatic carbocycles. The molecule has 0 unspecified atom stereocenters. The lowest BCUT2D eigenvalue weighted by molar-refractivity contribution is 0.544. The van der Waals surface area contributed by atoms with Gasteiger partial charge < -0.3 is 5.73 Å². The van der Waals surface area contributed by atoms with Crippen molar-refractivity contribution in [2.45, 2.75) is 26.2 Å². The number of aromatic nitrogens is 3. The summed E-state index contributed by atoms with van der Waals surface area (Å²) in [5, 5.41) is 0.641. The first-order valence-electron chi connectivity index (χ1n) is 5.75. The van der Waals surface area contributed by atoms with Crippen molar-refractivity contribution in [2.24, 2.45) is 0 Å². The number of rotatable bonds is 1. The molecule has 4 nitrogen and oxygen atoms in total. The van der Waals surface area contributed by atoms with Gasteiger partial charge in [-0.2, -0.15) is 9.97 Å². The van der Waals surface area contributed by atoms with Crippen LogP contribution in [-0.4, -0.2) is 15.0 Å². The zero-order valence-electron chi connectivity index (χ0n) is 10.9. The molecule has 1 aromatic heterocycles. The number of nitrogens with zero attached hydrogens (tertiary/aromatic N) is 3. The SMILES string of the molecule is CC(C)(C)c1nc(N)nc(-c2ccc(Cl)c(Br)c2)n1. The van der Waals surface area contributed by atoms with Crippen LogP contribution in [0.3, 0.4) is 0 Å². The van der Waals surface area contributed by atoms with Gasteiger partial charge in [0.2, 0.25) is 5.95 Å². The molecule has 1 aromatic carbocycles. The van der Waals surface area contributed by atoms with Crippen LogP contribution >= 0.6 is 27.5 Å². The Kier molecular flexibility index (Phi) is 3.78. The van der Waals surface area contributed by atoms with Crippen LogP contribution < -0.4 is 5.73 Å². The first kappa shape index (κ1) is 14.2. The number of halogens is 2. The van der Waals surface area contributed by atoms with Crippen LogP contribution in [0.1, 0.15) is 26.6 Å². The highest BCUT2D eigenvalue weighted by Crippen LogP contribution is 2.28. The molecular weight excluding hydrogens is 328 g/mol. The number of hydrogen-bond acceptors (Lipinski definition) is 4. The fourth-order valence-corrected chi connectivity index (χ4v) is 1.99. The zero-order valence-corrected chi connectivity index (χ0v) is 13.2. The minimum atomic E-state index is -0.185. The lowest BCUT2D eigenvalue weighted by Gasteiger charge is -2.17. The van der Waals surface area contributed by atoms with Crippen molar-refractivity contribution >= 4 is 33.5 Å². The maximum Gasteiger partial charge on any atom is 0.223 e. The Balaban J connectivity index is 2.56. The van der Waals surface area contributed by atoms with E-state index in [0.717, 1.165) is 10.0 Å². The van der Waals surface area contributed by atoms with Gasteiger partial charge in [0.1, 0.15) is 5.82 Å². The molecule has 6 heteroatoms. The summed E-state index contributed by atoms with van der Waals surface area (Å²) in [5.74, 6) is 1.44. The van der Waals surface area contributed by atoms with E-state index < -0.39 is 0 Å². The third-order valence-corrected chi connectivity index (χ3v) is 3.72. The van der Waals surface area contributed by atoms with Crippen molar-refractivity contribution < 1.29 is 0 Å². The molecule has 2 rings (SSSR count). The van der Waals surface area contributed by atoms with E-state index in [1.165, 1.54) is 0 Å². The molecule has 0 atom stereocenters. The van der Waals surface area contributed by atoms with Gasteiger partial charge in [0.05, 0.1) is 5.02 Å². The lowest BCUT2D eigenvalue weighted by atomic mass is 9.96. The van der Waals surface area contributed by atoms with Crippen molar-refractivity contribution in [1.29, 1.82) is 0 Å². The molecule has 1 heterocycles. The average Bonchev–Trinajstić information content (AvgIpc) is 2.31. The third-order valence-electron chi connectivity index (χ3n) is 2.50. The summed E-state index contributed by atoms with van der Waals surface area (Å²) >= 11 is 9.36. The Hall–Kier alpha value is -1.20. The lowest BCUT2D eigenvalue weighted by Crippen LogP contribution is -2.18. The fraction of sp³-hybridized carbons (Fsp3) is 0.308. The van der Waals surface area contributed by atoms with Gasteiger partial charge in [-0.05, 0) is 34.1 Å². The Morgan fingerprint density at radius 3 is 2.42 bits per heavy atom. The van der Waals surface area contributed by atoms with Crippen LogP contribution in [0.4, 0.5) is 5.95 Å². The number of benzene rings is 1. The van der Waals surface area contributed by atoms with Gasteiger partial charge in [0, 0.05) is 15.5 Å². The van der Waals surface area contributed by atoms with Gasteiger partial charge >= 0.3 is 0 Å². The highest BCUT2D eigenvalue weighted by atomic mass is 79.9. The number of nitrogens with two attached hydrogens (primary N) is 1. The molecule has 0 saturated carbocycles. The minimum Gasteiger partial charge on any atom is -0.368 e. The second kappa shape index (κ2) is 5.06. The van der Waals surface area contributed by atoms with Crippen LogP contribution in [0.15, 0.2) is 22.7 Å². The molecule has 2 N–H and O–H groups in total. The highest BCUT2D eigenvalue weighted by molar-refractivity contribution is 9.10. The van der Waals surface area contributed by atoms with Crippen molar-refractivity contribution in [1.82, 2.24) is 15.0 Å². The predicted octanol–water partition coefficient (Wildman–Crippen LogP) is 3.83. The first-order valence-corrected chi connectivity index (χ1v) is 6.92. The molecule has 0 radical (unpaired) electrons. The van der Waals surface area contributed by atoms with E-state index in [4.69, 9.17) is 17.3 Å². The number of hydrogen-bond donors (Lipinski definition) is 1. The summed E-state index contributed by atoms with van der Waals surface area (Å²) in [5.41, 5.74) is 6.42. The van der Waals surface area contributed by atoms with Gasteiger partial charge in [-0.15, -0.1) is 0 Å². The molecule has 2 aromatic rings. The summed E-state index contributed by atoms with van der Waals surface area (Å²) in [6.45, 7) is 6.09. The molecule has 0 fully saturated rings. The maximum atomic E-state index is 5.98. The van der Waals surface area contributed by atoms with E-state index in [1.54, 1.807) is 6.07 Å². The zero-order chi connectivity index (χ0) is 14.2. The quantitative estimate of drug-likeness (QED) is 0.856. The Bertz CT molecular complexity index is 623. The smallest absolute Gasteiger partial charge is 0.223 e. The van der Waals surface area contributed by atoms with Gasteiger partial charge in [0.15, 0.2) is 5.82 Å². The van der Waals surface area contributed by atoms with Gasteiger partial charge in [-0.3, -0.25) is 0 Å². The van der Waals surface area contributed by atoms with E-state index in [0.29, 0.717) is 16.7 Å². The van der Waals surface area contributed by atoms with Crippen molar-refractivity contribution in [3.8, 4) is 11.4 Å². The minimum absolute atomic E-state index is 0.185.